The molecule has 1 aromatic carbocycles. The van der Waals surface area contributed by atoms with Crippen molar-refractivity contribution >= 4 is 36.3 Å². The number of hydrogen-bond acceptors (Lipinski definition) is 2. The zero-order valence-electron chi connectivity index (χ0n) is 11.1. The molecule has 6 heteroatoms. The normalized spacial score (nSPS) is 23.7. The Morgan fingerprint density at radius 3 is 2.63 bits per heavy atom. The molecule has 0 amide bonds. The molecule has 1 fully saturated rings. The Labute approximate surface area is 126 Å². The summed E-state index contributed by atoms with van der Waals surface area (Å²) in [5.74, 6) is 0. The second kappa shape index (κ2) is 6.75. The third kappa shape index (κ3) is 4.07. The second-order valence-corrected chi connectivity index (χ2v) is 14.0. The van der Waals surface area contributed by atoms with Crippen LogP contribution in [0.5, 0.6) is 0 Å². The minimum absolute atomic E-state index is 0.172. The number of rotatable bonds is 5. The van der Waals surface area contributed by atoms with E-state index in [4.69, 9.17) is 0 Å². The van der Waals surface area contributed by atoms with Crippen LogP contribution in [0.3, 0.4) is 0 Å². The van der Waals surface area contributed by atoms with Gasteiger partial charge in [0.1, 0.15) is 0 Å². The van der Waals surface area contributed by atoms with Gasteiger partial charge in [0.2, 0.25) is 0 Å². The molecule has 1 saturated heterocycles. The van der Waals surface area contributed by atoms with E-state index in [-0.39, 0.29) is 6.04 Å². The van der Waals surface area contributed by atoms with Crippen LogP contribution in [-0.4, -0.2) is 40.7 Å². The molecule has 3 nitrogen and oxygen atoms in total. The molecule has 0 aromatic heterocycles. The van der Waals surface area contributed by atoms with Crippen molar-refractivity contribution in [3.63, 3.8) is 0 Å². The second-order valence-electron chi connectivity index (χ2n) is 4.75. The number of benzene rings is 1. The van der Waals surface area contributed by atoms with Crippen LogP contribution in [0, 0.1) is 6.92 Å². The number of nitrogens with one attached hydrogen (secondary N) is 1. The van der Waals surface area contributed by atoms with Gasteiger partial charge < -0.3 is 0 Å². The van der Waals surface area contributed by atoms with E-state index in [0.717, 1.165) is 23.7 Å². The number of aryl methyl sites for hydroxylation is 1. The average molecular weight is 411 g/mol. The van der Waals surface area contributed by atoms with Crippen LogP contribution < -0.4 is 4.72 Å². The molecule has 0 unspecified atom stereocenters. The van der Waals surface area contributed by atoms with Crippen molar-refractivity contribution < 1.29 is 8.42 Å². The van der Waals surface area contributed by atoms with E-state index in [2.05, 4.69) is 11.6 Å². The Morgan fingerprint density at radius 1 is 1.32 bits per heavy atom. The van der Waals surface area contributed by atoms with E-state index in [1.807, 2.05) is 19.1 Å². The molecule has 0 radical (unpaired) electrons. The first-order chi connectivity index (χ1) is 9.03. The average Bonchev–Trinajstić information content (AvgIpc) is 2.77. The summed E-state index contributed by atoms with van der Waals surface area (Å²) in [6, 6.07) is 7.25. The molecule has 1 heterocycles. The van der Waals surface area contributed by atoms with Crippen molar-refractivity contribution in [2.24, 2.45) is 0 Å². The van der Waals surface area contributed by atoms with Gasteiger partial charge in [0, 0.05) is 0 Å². The van der Waals surface area contributed by atoms with Crippen molar-refractivity contribution in [1.29, 1.82) is 0 Å². The Kier molecular flexibility index (Phi) is 5.53. The summed E-state index contributed by atoms with van der Waals surface area (Å²) in [6.07, 6.45) is 2.30. The Balaban J connectivity index is 2.10. The maximum atomic E-state index is 12.4. The first kappa shape index (κ1) is 15.6. The van der Waals surface area contributed by atoms with Gasteiger partial charge in [0.25, 0.3) is 0 Å². The van der Waals surface area contributed by atoms with E-state index in [1.165, 1.54) is 0 Å². The first-order valence-corrected chi connectivity index (χ1v) is 14.4. The molecule has 1 aliphatic heterocycles. The predicted octanol–water partition coefficient (Wildman–Crippen LogP) is 1.99. The fourth-order valence-corrected chi connectivity index (χ4v) is 14.0. The van der Waals surface area contributed by atoms with Gasteiger partial charge in [-0.05, 0) is 0 Å². The molecule has 1 N–H and O–H groups in total. The molecular weight excluding hydrogens is 392 g/mol. The van der Waals surface area contributed by atoms with E-state index in [9.17, 15) is 8.42 Å². The van der Waals surface area contributed by atoms with Gasteiger partial charge in [-0.3, -0.25) is 0 Å². The van der Waals surface area contributed by atoms with Crippen molar-refractivity contribution in [3.8, 4) is 0 Å². The van der Waals surface area contributed by atoms with Crippen molar-refractivity contribution in [3.05, 3.63) is 29.8 Å². The molecule has 0 saturated carbocycles. The SMILES string of the molecule is CCC[C@@H]1[Se][Se]C[C@@H]1NS(=O)(=O)c1ccc(C)cc1. The maximum absolute atomic E-state index is 12.4. The fraction of sp³-hybridized carbons (Fsp3) is 0.538. The Morgan fingerprint density at radius 2 is 2.00 bits per heavy atom. The molecule has 1 aliphatic rings. The van der Waals surface area contributed by atoms with Gasteiger partial charge in [0.15, 0.2) is 0 Å². The van der Waals surface area contributed by atoms with Crippen molar-refractivity contribution in [1.82, 2.24) is 4.72 Å². The zero-order chi connectivity index (χ0) is 13.9. The van der Waals surface area contributed by atoms with Gasteiger partial charge in [-0.2, -0.15) is 0 Å². The van der Waals surface area contributed by atoms with Gasteiger partial charge in [-0.1, -0.05) is 0 Å². The summed E-state index contributed by atoms with van der Waals surface area (Å²) in [5, 5.41) is 1.06. The van der Waals surface area contributed by atoms with Gasteiger partial charge in [-0.15, -0.1) is 0 Å². The predicted molar refractivity (Wildman–Crippen MR) is 80.3 cm³/mol. The van der Waals surface area contributed by atoms with Gasteiger partial charge in [-0.25, -0.2) is 0 Å². The van der Waals surface area contributed by atoms with Crippen molar-refractivity contribution in [2.45, 2.75) is 47.8 Å². The molecule has 1 aromatic rings. The van der Waals surface area contributed by atoms with E-state index in [0.29, 0.717) is 36.0 Å². The monoisotopic (exact) mass is 413 g/mol. The third-order valence-corrected chi connectivity index (χ3v) is 13.3. The number of hydrogen-bond donors (Lipinski definition) is 1. The topological polar surface area (TPSA) is 46.2 Å². The Bertz CT molecular complexity index is 516. The molecular formula is C13H19NO2SSe2. The molecule has 0 bridgehead atoms. The Hall–Kier alpha value is 0.169. The zero-order valence-corrected chi connectivity index (χ0v) is 15.4. The molecule has 0 aliphatic carbocycles. The third-order valence-electron chi connectivity index (χ3n) is 3.10. The van der Waals surface area contributed by atoms with E-state index in [1.54, 1.807) is 12.1 Å². The molecule has 2 rings (SSSR count). The molecule has 2 atom stereocenters. The van der Waals surface area contributed by atoms with Gasteiger partial charge in [0.05, 0.1) is 0 Å². The van der Waals surface area contributed by atoms with Crippen LogP contribution >= 0.6 is 0 Å². The van der Waals surface area contributed by atoms with Crippen LogP contribution in [0.1, 0.15) is 25.3 Å². The molecule has 106 valence electrons. The number of sulfonamides is 1. The van der Waals surface area contributed by atoms with Crippen LogP contribution in [0.25, 0.3) is 0 Å². The summed E-state index contributed by atoms with van der Waals surface area (Å²) < 4.78 is 27.6. The summed E-state index contributed by atoms with van der Waals surface area (Å²) in [6.45, 7) is 4.13. The summed E-state index contributed by atoms with van der Waals surface area (Å²) >= 11 is 1.32. The molecule has 19 heavy (non-hydrogen) atoms. The van der Waals surface area contributed by atoms with Crippen LogP contribution in [-0.2, 0) is 10.0 Å². The summed E-state index contributed by atoms with van der Waals surface area (Å²) in [4.78, 5) is 0.984. The fourth-order valence-electron chi connectivity index (χ4n) is 2.00. The van der Waals surface area contributed by atoms with Crippen LogP contribution in [0.15, 0.2) is 29.2 Å². The summed E-state index contributed by atoms with van der Waals surface area (Å²) in [7, 11) is -3.34. The first-order valence-electron chi connectivity index (χ1n) is 6.40. The van der Waals surface area contributed by atoms with E-state index >= 15 is 0 Å². The van der Waals surface area contributed by atoms with Crippen molar-refractivity contribution in [2.75, 3.05) is 0 Å². The molecule has 0 spiro atoms. The summed E-state index contributed by atoms with van der Waals surface area (Å²) in [5.41, 5.74) is 1.08. The van der Waals surface area contributed by atoms with E-state index < -0.39 is 10.0 Å². The van der Waals surface area contributed by atoms with Crippen LogP contribution in [0.2, 0.25) is 10.1 Å². The standard InChI is InChI=1S/C13H19NO2SSe2/c1-3-4-13-12(9-18-19-13)14-17(15,16)11-7-5-10(2)6-8-11/h5-8,12-14H,3-4,9H2,1-2H3/t12-,13-/m0/s1. The van der Waals surface area contributed by atoms with Gasteiger partial charge >= 0.3 is 127 Å². The van der Waals surface area contributed by atoms with Crippen LogP contribution in [0.4, 0.5) is 0 Å². The minimum atomic E-state index is -3.34. The quantitative estimate of drug-likeness (QED) is 0.754.